The van der Waals surface area contributed by atoms with Crippen molar-refractivity contribution in [2.24, 2.45) is 23.5 Å². The highest BCUT2D eigenvalue weighted by Crippen LogP contribution is 2.49. The first kappa shape index (κ1) is 7.14. The molecular formula is C9H15NO. The fraction of sp³-hybridized carbons (Fsp3) is 0.889. The minimum Gasteiger partial charge on any atom is -0.370 e. The lowest BCUT2D eigenvalue weighted by Crippen LogP contribution is -2.20. The van der Waals surface area contributed by atoms with E-state index in [9.17, 15) is 4.79 Å². The third kappa shape index (κ3) is 1.26. The minimum atomic E-state index is -0.109. The molecule has 1 amide bonds. The molecule has 0 unspecified atom stereocenters. The first-order chi connectivity index (χ1) is 5.25. The van der Waals surface area contributed by atoms with Crippen LogP contribution in [0.5, 0.6) is 0 Å². The van der Waals surface area contributed by atoms with E-state index in [1.165, 1.54) is 25.7 Å². The smallest absolute Gasteiger partial charge is 0.217 e. The van der Waals surface area contributed by atoms with E-state index in [1.54, 1.807) is 0 Å². The highest BCUT2D eigenvalue weighted by atomic mass is 16.1. The van der Waals surface area contributed by atoms with Crippen molar-refractivity contribution in [2.75, 3.05) is 0 Å². The lowest BCUT2D eigenvalue weighted by molar-refractivity contribution is -0.119. The van der Waals surface area contributed by atoms with Crippen LogP contribution < -0.4 is 5.73 Å². The van der Waals surface area contributed by atoms with Gasteiger partial charge in [-0.15, -0.1) is 0 Å². The van der Waals surface area contributed by atoms with Crippen LogP contribution in [0.1, 0.15) is 32.1 Å². The molecule has 11 heavy (non-hydrogen) atoms. The van der Waals surface area contributed by atoms with Crippen LogP contribution in [0.15, 0.2) is 0 Å². The van der Waals surface area contributed by atoms with E-state index in [-0.39, 0.29) is 5.91 Å². The monoisotopic (exact) mass is 153 g/mol. The summed E-state index contributed by atoms with van der Waals surface area (Å²) in [7, 11) is 0. The van der Waals surface area contributed by atoms with Crippen LogP contribution in [0.25, 0.3) is 0 Å². The molecular weight excluding hydrogens is 138 g/mol. The lowest BCUT2D eigenvalue weighted by Gasteiger charge is -2.19. The number of carbonyl (C=O) groups excluding carboxylic acids is 1. The Kier molecular flexibility index (Phi) is 1.63. The molecule has 2 N–H and O–H groups in total. The first-order valence-electron chi connectivity index (χ1n) is 4.54. The van der Waals surface area contributed by atoms with Crippen molar-refractivity contribution in [1.82, 2.24) is 0 Å². The van der Waals surface area contributed by atoms with Crippen LogP contribution in [0.3, 0.4) is 0 Å². The first-order valence-corrected chi connectivity index (χ1v) is 4.54. The van der Waals surface area contributed by atoms with E-state index in [0.717, 1.165) is 11.8 Å². The summed E-state index contributed by atoms with van der Waals surface area (Å²) < 4.78 is 0. The zero-order valence-electron chi connectivity index (χ0n) is 6.75. The Hall–Kier alpha value is -0.530. The molecule has 0 heterocycles. The molecule has 0 saturated heterocycles. The molecule has 0 aromatic rings. The predicted octanol–water partition coefficient (Wildman–Crippen LogP) is 1.30. The molecule has 62 valence electrons. The number of nitrogens with two attached hydrogens (primary N) is 1. The molecule has 0 aromatic carbocycles. The molecule has 0 aromatic heterocycles. The summed E-state index contributed by atoms with van der Waals surface area (Å²) in [5.41, 5.74) is 5.17. The maximum Gasteiger partial charge on any atom is 0.217 e. The van der Waals surface area contributed by atoms with Gasteiger partial charge in [0.25, 0.3) is 0 Å². The largest absolute Gasteiger partial charge is 0.370 e. The predicted molar refractivity (Wildman–Crippen MR) is 42.7 cm³/mol. The summed E-state index contributed by atoms with van der Waals surface area (Å²) in [5.74, 6) is 2.31. The van der Waals surface area contributed by atoms with Gasteiger partial charge < -0.3 is 5.73 Å². The van der Waals surface area contributed by atoms with Gasteiger partial charge in [-0.1, -0.05) is 6.42 Å². The van der Waals surface area contributed by atoms with Gasteiger partial charge in [0.1, 0.15) is 0 Å². The summed E-state index contributed by atoms with van der Waals surface area (Å²) in [6.45, 7) is 0. The molecule has 2 aliphatic carbocycles. The third-order valence-electron chi connectivity index (χ3n) is 3.35. The molecule has 3 atom stereocenters. The standard InChI is InChI=1S/C9H15NO/c10-9(11)5-8-4-6-1-2-7(8)3-6/h6-8H,1-5H2,(H2,10,11)/t6-,7-,8-/m1/s1. The number of amides is 1. The van der Waals surface area contributed by atoms with Crippen LogP contribution in [-0.2, 0) is 4.79 Å². The van der Waals surface area contributed by atoms with Crippen LogP contribution >= 0.6 is 0 Å². The van der Waals surface area contributed by atoms with E-state index in [1.807, 2.05) is 0 Å². The highest BCUT2D eigenvalue weighted by molar-refractivity contribution is 5.74. The average Bonchev–Trinajstić information content (AvgIpc) is 2.45. The number of hydrogen-bond acceptors (Lipinski definition) is 1. The topological polar surface area (TPSA) is 43.1 Å². The summed E-state index contributed by atoms with van der Waals surface area (Å²) in [6, 6.07) is 0. The Balaban J connectivity index is 1.92. The fourth-order valence-corrected chi connectivity index (χ4v) is 2.88. The molecule has 0 spiro atoms. The molecule has 2 saturated carbocycles. The number of rotatable bonds is 2. The molecule has 2 fully saturated rings. The van der Waals surface area contributed by atoms with E-state index < -0.39 is 0 Å². The Bertz CT molecular complexity index is 178. The maximum atomic E-state index is 10.7. The van der Waals surface area contributed by atoms with E-state index >= 15 is 0 Å². The summed E-state index contributed by atoms with van der Waals surface area (Å²) in [6.07, 6.45) is 6.04. The Morgan fingerprint density at radius 1 is 1.36 bits per heavy atom. The lowest BCUT2D eigenvalue weighted by atomic mass is 9.86. The molecule has 2 nitrogen and oxygen atoms in total. The third-order valence-corrected chi connectivity index (χ3v) is 3.35. The van der Waals surface area contributed by atoms with Crippen LogP contribution in [0, 0.1) is 17.8 Å². The Labute approximate surface area is 67.1 Å². The number of primary amides is 1. The second kappa shape index (κ2) is 2.50. The molecule has 0 aliphatic heterocycles. The number of fused-ring (bicyclic) bond motifs is 2. The fourth-order valence-electron chi connectivity index (χ4n) is 2.88. The molecule has 2 bridgehead atoms. The van der Waals surface area contributed by atoms with E-state index in [4.69, 9.17) is 5.73 Å². The van der Waals surface area contributed by atoms with Gasteiger partial charge in [-0.3, -0.25) is 4.79 Å². The van der Waals surface area contributed by atoms with Crippen LogP contribution in [0.4, 0.5) is 0 Å². The van der Waals surface area contributed by atoms with Crippen molar-refractivity contribution in [3.8, 4) is 0 Å². The van der Waals surface area contributed by atoms with Crippen molar-refractivity contribution < 1.29 is 4.79 Å². The van der Waals surface area contributed by atoms with Gasteiger partial charge in [-0.25, -0.2) is 0 Å². The van der Waals surface area contributed by atoms with Crippen molar-refractivity contribution in [1.29, 1.82) is 0 Å². The second-order valence-corrected chi connectivity index (χ2v) is 4.11. The average molecular weight is 153 g/mol. The quantitative estimate of drug-likeness (QED) is 0.638. The van der Waals surface area contributed by atoms with Gasteiger partial charge >= 0.3 is 0 Å². The van der Waals surface area contributed by atoms with Crippen molar-refractivity contribution in [2.45, 2.75) is 32.1 Å². The minimum absolute atomic E-state index is 0.109. The van der Waals surface area contributed by atoms with Crippen molar-refractivity contribution in [3.63, 3.8) is 0 Å². The molecule has 2 heteroatoms. The SMILES string of the molecule is NC(=O)C[C@H]1C[C@@H]2CC[C@@H]1C2. The van der Waals surface area contributed by atoms with E-state index in [0.29, 0.717) is 12.3 Å². The van der Waals surface area contributed by atoms with Gasteiger partial charge in [-0.2, -0.15) is 0 Å². The normalized spacial score (nSPS) is 41.3. The molecule has 0 radical (unpaired) electrons. The van der Waals surface area contributed by atoms with E-state index in [2.05, 4.69) is 0 Å². The summed E-state index contributed by atoms with van der Waals surface area (Å²) >= 11 is 0. The zero-order valence-corrected chi connectivity index (χ0v) is 6.75. The number of hydrogen-bond donors (Lipinski definition) is 1. The Morgan fingerprint density at radius 2 is 2.18 bits per heavy atom. The zero-order chi connectivity index (χ0) is 7.84. The van der Waals surface area contributed by atoms with Crippen molar-refractivity contribution >= 4 is 5.91 Å². The second-order valence-electron chi connectivity index (χ2n) is 4.11. The Morgan fingerprint density at radius 3 is 2.64 bits per heavy atom. The van der Waals surface area contributed by atoms with Gasteiger partial charge in [0.2, 0.25) is 5.91 Å². The van der Waals surface area contributed by atoms with Gasteiger partial charge in [-0.05, 0) is 37.0 Å². The van der Waals surface area contributed by atoms with Crippen LogP contribution in [0.2, 0.25) is 0 Å². The van der Waals surface area contributed by atoms with Gasteiger partial charge in [0, 0.05) is 6.42 Å². The summed E-state index contributed by atoms with van der Waals surface area (Å²) in [5, 5.41) is 0. The maximum absolute atomic E-state index is 10.7. The van der Waals surface area contributed by atoms with Gasteiger partial charge in [0.05, 0.1) is 0 Å². The molecule has 2 rings (SSSR count). The van der Waals surface area contributed by atoms with Crippen molar-refractivity contribution in [3.05, 3.63) is 0 Å². The highest BCUT2D eigenvalue weighted by Gasteiger charge is 2.39. The van der Waals surface area contributed by atoms with Crippen LogP contribution in [-0.4, -0.2) is 5.91 Å². The number of carbonyl (C=O) groups is 1. The molecule has 2 aliphatic rings. The summed E-state index contributed by atoms with van der Waals surface area (Å²) in [4.78, 5) is 10.7. The van der Waals surface area contributed by atoms with Gasteiger partial charge in [0.15, 0.2) is 0 Å².